The topological polar surface area (TPSA) is 41.1 Å². The highest BCUT2D eigenvalue weighted by Crippen LogP contribution is 2.22. The van der Waals surface area contributed by atoms with Gasteiger partial charge in [0.15, 0.2) is 0 Å². The molecule has 0 aliphatic carbocycles. The summed E-state index contributed by atoms with van der Waals surface area (Å²) in [5.74, 6) is 0.922. The normalized spacial score (nSPS) is 14.4. The van der Waals surface area contributed by atoms with Crippen molar-refractivity contribution in [3.63, 3.8) is 0 Å². The van der Waals surface area contributed by atoms with Gasteiger partial charge >= 0.3 is 0 Å². The molecule has 0 radical (unpaired) electrons. The van der Waals surface area contributed by atoms with Crippen LogP contribution in [-0.2, 0) is 6.42 Å². The first-order valence-corrected chi connectivity index (χ1v) is 9.06. The van der Waals surface area contributed by atoms with Gasteiger partial charge in [-0.15, -0.1) is 0 Å². The number of aromatic nitrogens is 2. The summed E-state index contributed by atoms with van der Waals surface area (Å²) in [7, 11) is 0. The second kappa shape index (κ2) is 7.19. The molecular formula is C21H24N4. The zero-order valence-corrected chi connectivity index (χ0v) is 14.7. The maximum Gasteiger partial charge on any atom is 0.148 e. The molecule has 25 heavy (non-hydrogen) atoms. The van der Waals surface area contributed by atoms with Crippen LogP contribution >= 0.6 is 0 Å². The summed E-state index contributed by atoms with van der Waals surface area (Å²) in [6.45, 7) is 6.52. The van der Waals surface area contributed by atoms with Crippen LogP contribution in [0.25, 0.3) is 11.0 Å². The van der Waals surface area contributed by atoms with Crippen molar-refractivity contribution in [2.75, 3.05) is 31.5 Å². The molecule has 0 unspecified atom stereocenters. The van der Waals surface area contributed by atoms with Crippen LogP contribution in [0.15, 0.2) is 48.5 Å². The molecule has 2 heterocycles. The number of hydrogen-bond acceptors (Lipinski definition) is 4. The Morgan fingerprint density at radius 3 is 2.60 bits per heavy atom. The predicted octanol–water partition coefficient (Wildman–Crippen LogP) is 3.65. The van der Waals surface area contributed by atoms with E-state index < -0.39 is 0 Å². The lowest BCUT2D eigenvalue weighted by molar-refractivity contribution is 0.189. The minimum Gasteiger partial charge on any atom is -0.367 e. The van der Waals surface area contributed by atoms with E-state index in [2.05, 4.69) is 53.5 Å². The molecule has 0 saturated carbocycles. The minimum atomic E-state index is 0.795. The molecule has 0 amide bonds. The number of benzene rings is 2. The molecule has 0 atom stereocenters. The summed E-state index contributed by atoms with van der Waals surface area (Å²) in [5, 5.41) is 3.54. The summed E-state index contributed by atoms with van der Waals surface area (Å²) in [5.41, 5.74) is 5.41. The van der Waals surface area contributed by atoms with Crippen LogP contribution in [-0.4, -0.2) is 41.0 Å². The van der Waals surface area contributed by atoms with Gasteiger partial charge in [0.05, 0.1) is 16.7 Å². The number of aryl methyl sites for hydroxylation is 1. The lowest BCUT2D eigenvalue weighted by atomic mass is 10.1. The molecule has 1 aliphatic rings. The van der Waals surface area contributed by atoms with E-state index in [-0.39, 0.29) is 0 Å². The Kier molecular flexibility index (Phi) is 4.61. The molecule has 1 aromatic heterocycles. The van der Waals surface area contributed by atoms with Crippen LogP contribution in [0.1, 0.15) is 23.2 Å². The van der Waals surface area contributed by atoms with Crippen molar-refractivity contribution in [2.45, 2.75) is 19.8 Å². The molecule has 3 aromatic rings. The predicted molar refractivity (Wildman–Crippen MR) is 103 cm³/mol. The van der Waals surface area contributed by atoms with Crippen molar-refractivity contribution in [3.05, 3.63) is 65.4 Å². The van der Waals surface area contributed by atoms with Crippen molar-refractivity contribution in [3.8, 4) is 0 Å². The molecule has 0 bridgehead atoms. The smallest absolute Gasteiger partial charge is 0.148 e. The van der Waals surface area contributed by atoms with Crippen LogP contribution in [0.5, 0.6) is 0 Å². The molecule has 1 aliphatic heterocycles. The average molecular weight is 332 g/mol. The first-order chi connectivity index (χ1) is 12.3. The molecule has 1 N–H and O–H groups in total. The highest BCUT2D eigenvalue weighted by molar-refractivity contribution is 5.79. The molecule has 1 fully saturated rings. The minimum absolute atomic E-state index is 0.795. The largest absolute Gasteiger partial charge is 0.367 e. The van der Waals surface area contributed by atoms with Gasteiger partial charge in [0, 0.05) is 19.5 Å². The second-order valence-corrected chi connectivity index (χ2v) is 6.75. The summed E-state index contributed by atoms with van der Waals surface area (Å²) in [6, 6.07) is 16.7. The molecule has 128 valence electrons. The Morgan fingerprint density at radius 2 is 1.84 bits per heavy atom. The molecule has 0 spiro atoms. The summed E-state index contributed by atoms with van der Waals surface area (Å²) < 4.78 is 0. The molecule has 1 saturated heterocycles. The SMILES string of the molecule is Cc1cccc2nc(Cc3ccccc3)c(NCCN3CCC3)nc12. The van der Waals surface area contributed by atoms with E-state index in [1.165, 1.54) is 30.6 Å². The number of fused-ring (bicyclic) bond motifs is 1. The van der Waals surface area contributed by atoms with Gasteiger partial charge in [-0.05, 0) is 43.6 Å². The lowest BCUT2D eigenvalue weighted by Gasteiger charge is -2.30. The zero-order chi connectivity index (χ0) is 17.1. The number of nitrogens with one attached hydrogen (secondary N) is 1. The highest BCUT2D eigenvalue weighted by Gasteiger charge is 2.14. The molecule has 4 nitrogen and oxygen atoms in total. The van der Waals surface area contributed by atoms with E-state index in [0.29, 0.717) is 0 Å². The van der Waals surface area contributed by atoms with Gasteiger partial charge in [-0.2, -0.15) is 0 Å². The van der Waals surface area contributed by atoms with E-state index in [1.807, 2.05) is 12.1 Å². The fourth-order valence-electron chi connectivity index (χ4n) is 3.25. The molecule has 4 rings (SSSR count). The number of likely N-dealkylation sites (tertiary alicyclic amines) is 1. The van der Waals surface area contributed by atoms with Gasteiger partial charge in [0.25, 0.3) is 0 Å². The first-order valence-electron chi connectivity index (χ1n) is 9.06. The highest BCUT2D eigenvalue weighted by atomic mass is 15.2. The Labute approximate surface area is 148 Å². The number of para-hydroxylation sites is 1. The van der Waals surface area contributed by atoms with E-state index in [0.717, 1.165) is 42.1 Å². The number of nitrogens with zero attached hydrogens (tertiary/aromatic N) is 3. The summed E-state index contributed by atoms with van der Waals surface area (Å²) in [4.78, 5) is 12.3. The van der Waals surface area contributed by atoms with Gasteiger partial charge in [-0.25, -0.2) is 9.97 Å². The van der Waals surface area contributed by atoms with E-state index in [4.69, 9.17) is 9.97 Å². The number of anilines is 1. The fraction of sp³-hybridized carbons (Fsp3) is 0.333. The zero-order valence-electron chi connectivity index (χ0n) is 14.7. The van der Waals surface area contributed by atoms with Gasteiger partial charge in [-0.1, -0.05) is 42.5 Å². The van der Waals surface area contributed by atoms with Gasteiger partial charge < -0.3 is 10.2 Å². The quantitative estimate of drug-likeness (QED) is 0.748. The van der Waals surface area contributed by atoms with Crippen LogP contribution < -0.4 is 5.32 Å². The molecule has 4 heteroatoms. The summed E-state index contributed by atoms with van der Waals surface area (Å²) >= 11 is 0. The monoisotopic (exact) mass is 332 g/mol. The fourth-order valence-corrected chi connectivity index (χ4v) is 3.25. The third-order valence-electron chi connectivity index (χ3n) is 4.85. The van der Waals surface area contributed by atoms with Crippen LogP contribution in [0, 0.1) is 6.92 Å². The van der Waals surface area contributed by atoms with Crippen molar-refractivity contribution in [1.29, 1.82) is 0 Å². The van der Waals surface area contributed by atoms with Gasteiger partial charge in [0.2, 0.25) is 0 Å². The van der Waals surface area contributed by atoms with Gasteiger partial charge in [0.1, 0.15) is 5.82 Å². The van der Waals surface area contributed by atoms with Crippen molar-refractivity contribution in [1.82, 2.24) is 14.9 Å². The van der Waals surface area contributed by atoms with Crippen LogP contribution in [0.3, 0.4) is 0 Å². The molecular weight excluding hydrogens is 308 g/mol. The second-order valence-electron chi connectivity index (χ2n) is 6.75. The maximum atomic E-state index is 4.92. The van der Waals surface area contributed by atoms with Crippen molar-refractivity contribution in [2.24, 2.45) is 0 Å². The lowest BCUT2D eigenvalue weighted by Crippen LogP contribution is -2.40. The summed E-state index contributed by atoms with van der Waals surface area (Å²) in [6.07, 6.45) is 2.12. The first kappa shape index (κ1) is 16.0. The van der Waals surface area contributed by atoms with E-state index in [9.17, 15) is 0 Å². The standard InChI is InChI=1S/C21H24N4/c1-16-7-5-10-18-20(16)24-21(22-11-14-25-12-6-13-25)19(23-18)15-17-8-3-2-4-9-17/h2-5,7-10H,6,11-15H2,1H3,(H,22,24). The number of hydrogen-bond donors (Lipinski definition) is 1. The Balaban J connectivity index is 1.63. The average Bonchev–Trinajstić information content (AvgIpc) is 2.59. The Morgan fingerprint density at radius 1 is 1.00 bits per heavy atom. The third-order valence-corrected chi connectivity index (χ3v) is 4.85. The molecule has 2 aromatic carbocycles. The Hall–Kier alpha value is -2.46. The third kappa shape index (κ3) is 3.64. The van der Waals surface area contributed by atoms with Crippen molar-refractivity contribution >= 4 is 16.9 Å². The Bertz CT molecular complexity index is 856. The maximum absolute atomic E-state index is 4.92. The van der Waals surface area contributed by atoms with Crippen molar-refractivity contribution < 1.29 is 0 Å². The van der Waals surface area contributed by atoms with Crippen LogP contribution in [0.2, 0.25) is 0 Å². The van der Waals surface area contributed by atoms with E-state index >= 15 is 0 Å². The van der Waals surface area contributed by atoms with Gasteiger partial charge in [-0.3, -0.25) is 0 Å². The van der Waals surface area contributed by atoms with E-state index in [1.54, 1.807) is 0 Å². The van der Waals surface area contributed by atoms with Crippen LogP contribution in [0.4, 0.5) is 5.82 Å². The number of rotatable bonds is 6.